The minimum Gasteiger partial charge on any atom is -0.364 e. The van der Waals surface area contributed by atoms with Crippen LogP contribution in [0.4, 0.5) is 5.82 Å². The van der Waals surface area contributed by atoms with E-state index < -0.39 is 0 Å². The van der Waals surface area contributed by atoms with Gasteiger partial charge in [-0.15, -0.1) is 0 Å². The Hall–Kier alpha value is -4.12. The van der Waals surface area contributed by atoms with Gasteiger partial charge in [-0.1, -0.05) is 36.4 Å². The molecule has 5 aromatic rings. The first-order valence-corrected chi connectivity index (χ1v) is 10.2. The van der Waals surface area contributed by atoms with Crippen LogP contribution < -0.4 is 5.32 Å². The number of nitrogens with one attached hydrogen (secondary N) is 1. The molecule has 0 aliphatic carbocycles. The third kappa shape index (κ3) is 4.12. The number of rotatable bonds is 5. The molecule has 0 radical (unpaired) electrons. The van der Waals surface area contributed by atoms with E-state index in [0.29, 0.717) is 6.54 Å². The van der Waals surface area contributed by atoms with Gasteiger partial charge in [0.15, 0.2) is 0 Å². The fraction of sp³-hybridized carbons (Fsp3) is 0.0769. The summed E-state index contributed by atoms with van der Waals surface area (Å²) in [5.41, 5.74) is 6.18. The molecule has 1 N–H and O–H groups in total. The second-order valence-corrected chi connectivity index (χ2v) is 7.39. The molecule has 0 aliphatic rings. The zero-order valence-electron chi connectivity index (χ0n) is 17.2. The molecule has 0 saturated carbocycles. The Kier molecular flexibility index (Phi) is 5.07. The predicted molar refractivity (Wildman–Crippen MR) is 125 cm³/mol. The fourth-order valence-corrected chi connectivity index (χ4v) is 3.58. The zero-order valence-corrected chi connectivity index (χ0v) is 17.2. The standard InChI is InChI=1S/C26H21N5/c1-18-13-21(10-11-27-18)25-14-20-9-12-28-26(24(20)17-30-25)31-16-23-8-7-22(15-29-23)19-5-3-2-4-6-19/h2-15,17H,16H2,1H3,(H,28,31). The number of benzene rings is 1. The second kappa shape index (κ2) is 8.32. The molecule has 0 saturated heterocycles. The molecule has 1 aromatic carbocycles. The lowest BCUT2D eigenvalue weighted by atomic mass is 10.1. The van der Waals surface area contributed by atoms with Crippen LogP contribution in [0.3, 0.4) is 0 Å². The third-order valence-electron chi connectivity index (χ3n) is 5.21. The summed E-state index contributed by atoms with van der Waals surface area (Å²) in [6.45, 7) is 2.57. The highest BCUT2D eigenvalue weighted by Gasteiger charge is 2.07. The maximum absolute atomic E-state index is 4.66. The lowest BCUT2D eigenvalue weighted by Crippen LogP contribution is -2.04. The smallest absolute Gasteiger partial charge is 0.135 e. The first kappa shape index (κ1) is 18.9. The van der Waals surface area contributed by atoms with Crippen LogP contribution in [0.25, 0.3) is 33.2 Å². The summed E-state index contributed by atoms with van der Waals surface area (Å²) in [5.74, 6) is 0.802. The molecule has 0 bridgehead atoms. The Balaban J connectivity index is 1.36. The molecule has 4 heterocycles. The SMILES string of the molecule is Cc1cc(-c2cc3ccnc(NCc4ccc(-c5ccccc5)cn4)c3cn2)ccn1. The van der Waals surface area contributed by atoms with E-state index in [1.165, 1.54) is 0 Å². The summed E-state index contributed by atoms with van der Waals surface area (Å²) < 4.78 is 0. The predicted octanol–water partition coefficient (Wildman–Crippen LogP) is 5.67. The van der Waals surface area contributed by atoms with E-state index in [0.717, 1.165) is 50.4 Å². The van der Waals surface area contributed by atoms with Crippen LogP contribution in [0.2, 0.25) is 0 Å². The number of pyridine rings is 4. The summed E-state index contributed by atoms with van der Waals surface area (Å²) in [6.07, 6.45) is 7.42. The average molecular weight is 403 g/mol. The molecule has 4 aromatic heterocycles. The van der Waals surface area contributed by atoms with Gasteiger partial charge in [0, 0.05) is 47.0 Å². The number of aromatic nitrogens is 4. The number of fused-ring (bicyclic) bond motifs is 1. The first-order chi connectivity index (χ1) is 15.3. The van der Waals surface area contributed by atoms with Crippen LogP contribution in [0, 0.1) is 6.92 Å². The van der Waals surface area contributed by atoms with Gasteiger partial charge in [-0.3, -0.25) is 15.0 Å². The molecule has 0 spiro atoms. The number of aryl methyl sites for hydroxylation is 1. The maximum atomic E-state index is 4.66. The van der Waals surface area contributed by atoms with E-state index in [1.54, 1.807) is 0 Å². The van der Waals surface area contributed by atoms with Crippen LogP contribution in [0.15, 0.2) is 91.5 Å². The highest BCUT2D eigenvalue weighted by atomic mass is 15.0. The van der Waals surface area contributed by atoms with Crippen LogP contribution in [0.1, 0.15) is 11.4 Å². The minimum atomic E-state index is 0.590. The highest BCUT2D eigenvalue weighted by molar-refractivity contribution is 5.93. The van der Waals surface area contributed by atoms with Crippen molar-refractivity contribution in [3.8, 4) is 22.4 Å². The maximum Gasteiger partial charge on any atom is 0.135 e. The van der Waals surface area contributed by atoms with Gasteiger partial charge in [0.25, 0.3) is 0 Å². The summed E-state index contributed by atoms with van der Waals surface area (Å²) in [6, 6.07) is 22.5. The van der Waals surface area contributed by atoms with Gasteiger partial charge in [-0.2, -0.15) is 0 Å². The molecule has 0 atom stereocenters. The van der Waals surface area contributed by atoms with Gasteiger partial charge in [0.1, 0.15) is 5.82 Å². The van der Waals surface area contributed by atoms with Crippen molar-refractivity contribution in [2.24, 2.45) is 0 Å². The van der Waals surface area contributed by atoms with Crippen molar-refractivity contribution in [3.63, 3.8) is 0 Å². The van der Waals surface area contributed by atoms with Gasteiger partial charge in [0.2, 0.25) is 0 Å². The molecule has 5 heteroatoms. The highest BCUT2D eigenvalue weighted by Crippen LogP contribution is 2.26. The quantitative estimate of drug-likeness (QED) is 0.409. The molecule has 0 fully saturated rings. The normalized spacial score (nSPS) is 10.9. The van der Waals surface area contributed by atoms with E-state index in [-0.39, 0.29) is 0 Å². The van der Waals surface area contributed by atoms with Crippen molar-refractivity contribution in [3.05, 3.63) is 103 Å². The average Bonchev–Trinajstić information content (AvgIpc) is 2.83. The van der Waals surface area contributed by atoms with Crippen LogP contribution in [0.5, 0.6) is 0 Å². The van der Waals surface area contributed by atoms with Crippen molar-refractivity contribution in [2.75, 3.05) is 5.32 Å². The Bertz CT molecular complexity index is 1330. The third-order valence-corrected chi connectivity index (χ3v) is 5.21. The van der Waals surface area contributed by atoms with E-state index in [1.807, 2.05) is 74.2 Å². The zero-order chi connectivity index (χ0) is 21.0. The molecule has 5 nitrogen and oxygen atoms in total. The van der Waals surface area contributed by atoms with Gasteiger partial charge in [-0.25, -0.2) is 4.98 Å². The van der Waals surface area contributed by atoms with Crippen molar-refractivity contribution >= 4 is 16.6 Å². The van der Waals surface area contributed by atoms with Gasteiger partial charge >= 0.3 is 0 Å². The van der Waals surface area contributed by atoms with Crippen molar-refractivity contribution in [2.45, 2.75) is 13.5 Å². The first-order valence-electron chi connectivity index (χ1n) is 10.2. The molecule has 5 rings (SSSR count). The topological polar surface area (TPSA) is 63.6 Å². The molecular formula is C26H21N5. The van der Waals surface area contributed by atoms with Crippen LogP contribution >= 0.6 is 0 Å². The van der Waals surface area contributed by atoms with E-state index in [9.17, 15) is 0 Å². The Morgan fingerprint density at radius 3 is 2.39 bits per heavy atom. The number of hydrogen-bond donors (Lipinski definition) is 1. The fourth-order valence-electron chi connectivity index (χ4n) is 3.58. The van der Waals surface area contributed by atoms with E-state index >= 15 is 0 Å². The van der Waals surface area contributed by atoms with Crippen molar-refractivity contribution in [1.29, 1.82) is 0 Å². The molecule has 0 unspecified atom stereocenters. The van der Waals surface area contributed by atoms with Crippen LogP contribution in [-0.4, -0.2) is 19.9 Å². The second-order valence-electron chi connectivity index (χ2n) is 7.39. The lowest BCUT2D eigenvalue weighted by Gasteiger charge is -2.10. The summed E-state index contributed by atoms with van der Waals surface area (Å²) in [7, 11) is 0. The monoisotopic (exact) mass is 403 g/mol. The molecular weight excluding hydrogens is 382 g/mol. The van der Waals surface area contributed by atoms with E-state index in [2.05, 4.69) is 49.5 Å². The number of hydrogen-bond acceptors (Lipinski definition) is 5. The Morgan fingerprint density at radius 1 is 0.710 bits per heavy atom. The molecule has 0 amide bonds. The minimum absolute atomic E-state index is 0.590. The largest absolute Gasteiger partial charge is 0.364 e. The van der Waals surface area contributed by atoms with Crippen molar-refractivity contribution in [1.82, 2.24) is 19.9 Å². The van der Waals surface area contributed by atoms with Gasteiger partial charge < -0.3 is 5.32 Å². The van der Waals surface area contributed by atoms with Crippen molar-refractivity contribution < 1.29 is 0 Å². The molecule has 31 heavy (non-hydrogen) atoms. The van der Waals surface area contributed by atoms with E-state index in [4.69, 9.17) is 0 Å². The number of anilines is 1. The van der Waals surface area contributed by atoms with Gasteiger partial charge in [-0.05, 0) is 48.2 Å². The summed E-state index contributed by atoms with van der Waals surface area (Å²) >= 11 is 0. The molecule has 150 valence electrons. The Labute approximate surface area is 180 Å². The Morgan fingerprint density at radius 2 is 1.58 bits per heavy atom. The summed E-state index contributed by atoms with van der Waals surface area (Å²) in [5, 5.41) is 5.48. The van der Waals surface area contributed by atoms with Gasteiger partial charge in [0.05, 0.1) is 17.9 Å². The number of nitrogens with zero attached hydrogens (tertiary/aromatic N) is 4. The lowest BCUT2D eigenvalue weighted by molar-refractivity contribution is 1.03. The van der Waals surface area contributed by atoms with Crippen LogP contribution in [-0.2, 0) is 6.54 Å². The molecule has 0 aliphatic heterocycles. The summed E-state index contributed by atoms with van der Waals surface area (Å²) in [4.78, 5) is 18.0.